The van der Waals surface area contributed by atoms with Crippen molar-refractivity contribution in [3.63, 3.8) is 0 Å². The molecule has 4 rings (SSSR count). The lowest BCUT2D eigenvalue weighted by Gasteiger charge is -2.31. The zero-order valence-electron chi connectivity index (χ0n) is 14.0. The van der Waals surface area contributed by atoms with Crippen molar-refractivity contribution < 1.29 is 19.2 Å². The molecule has 26 heavy (non-hydrogen) atoms. The average Bonchev–Trinajstić information content (AvgIpc) is 3.31. The van der Waals surface area contributed by atoms with Crippen LogP contribution in [0.3, 0.4) is 0 Å². The molecule has 0 spiro atoms. The first-order chi connectivity index (χ1) is 12.5. The Balaban J connectivity index is 1.44. The maximum absolute atomic E-state index is 12.5. The molecule has 2 aliphatic rings. The van der Waals surface area contributed by atoms with Crippen molar-refractivity contribution in [1.29, 1.82) is 0 Å². The number of aliphatic carboxylic acids is 1. The topological polar surface area (TPSA) is 96.5 Å². The van der Waals surface area contributed by atoms with Crippen molar-refractivity contribution in [1.82, 2.24) is 15.0 Å². The van der Waals surface area contributed by atoms with Gasteiger partial charge in [-0.15, -0.1) is 0 Å². The molecule has 0 radical (unpaired) electrons. The molecule has 136 valence electrons. The number of benzene rings is 1. The summed E-state index contributed by atoms with van der Waals surface area (Å²) in [6.07, 6.45) is 2.13. The molecule has 2 aromatic rings. The Labute approximate surface area is 154 Å². The number of nitrogens with zero attached hydrogens (tertiary/aromatic N) is 3. The summed E-state index contributed by atoms with van der Waals surface area (Å²) in [6, 6.07) is 7.19. The lowest BCUT2D eigenvalue weighted by atomic mass is 9.97. The molecule has 2 heterocycles. The molecule has 1 aromatic carbocycles. The molecule has 7 nitrogen and oxygen atoms in total. The van der Waals surface area contributed by atoms with Crippen LogP contribution in [-0.2, 0) is 9.59 Å². The zero-order valence-corrected chi connectivity index (χ0v) is 14.7. The fourth-order valence-corrected chi connectivity index (χ4v) is 3.60. The number of likely N-dealkylation sites (tertiary alicyclic amines) is 1. The molecule has 0 unspecified atom stereocenters. The lowest BCUT2D eigenvalue weighted by Crippen LogP contribution is -2.40. The number of rotatable bonds is 4. The number of piperidine rings is 1. The fraction of sp³-hybridized carbons (Fsp3) is 0.444. The van der Waals surface area contributed by atoms with Crippen molar-refractivity contribution in [2.45, 2.75) is 25.2 Å². The van der Waals surface area contributed by atoms with Gasteiger partial charge < -0.3 is 14.5 Å². The van der Waals surface area contributed by atoms with Crippen molar-refractivity contribution in [2.24, 2.45) is 11.8 Å². The Kier molecular flexibility index (Phi) is 4.40. The first kappa shape index (κ1) is 17.0. The minimum Gasteiger partial charge on any atom is -0.481 e. The summed E-state index contributed by atoms with van der Waals surface area (Å²) in [4.78, 5) is 29.7. The van der Waals surface area contributed by atoms with Crippen molar-refractivity contribution >= 4 is 23.5 Å². The molecule has 1 amide bonds. The van der Waals surface area contributed by atoms with E-state index in [1.54, 1.807) is 17.0 Å². The highest BCUT2D eigenvalue weighted by atomic mass is 35.5. The van der Waals surface area contributed by atoms with E-state index in [0.29, 0.717) is 36.2 Å². The molecule has 3 atom stereocenters. The van der Waals surface area contributed by atoms with Crippen LogP contribution in [0.2, 0.25) is 5.02 Å². The summed E-state index contributed by atoms with van der Waals surface area (Å²) in [6.45, 7) is 1.14. The predicted octanol–water partition coefficient (Wildman–Crippen LogP) is 2.82. The number of amides is 1. The van der Waals surface area contributed by atoms with Crippen LogP contribution in [0.1, 0.15) is 31.1 Å². The van der Waals surface area contributed by atoms with Crippen molar-refractivity contribution in [2.75, 3.05) is 13.1 Å². The van der Waals surface area contributed by atoms with Gasteiger partial charge >= 0.3 is 5.97 Å². The summed E-state index contributed by atoms with van der Waals surface area (Å²) in [5.41, 5.74) is 0.815. The van der Waals surface area contributed by atoms with Gasteiger partial charge in [-0.2, -0.15) is 4.98 Å². The van der Waals surface area contributed by atoms with Gasteiger partial charge in [0.05, 0.1) is 17.8 Å². The third-order valence-corrected chi connectivity index (χ3v) is 5.30. The standard InChI is InChI=1S/C18H18ClN3O4/c19-12-5-3-10(4-6-12)15-20-16(26-21-15)11-2-1-7-22(9-11)17(23)13-8-14(13)18(24)25/h3-6,11,13-14H,1-2,7-9H2,(H,24,25)/t11-,13-,14-/m1/s1. The lowest BCUT2D eigenvalue weighted by molar-refractivity contribution is -0.142. The highest BCUT2D eigenvalue weighted by Crippen LogP contribution is 2.41. The van der Waals surface area contributed by atoms with Crippen LogP contribution in [-0.4, -0.2) is 45.1 Å². The second-order valence-electron chi connectivity index (χ2n) is 6.87. The molecule has 1 aliphatic heterocycles. The Hall–Kier alpha value is -2.41. The van der Waals surface area contributed by atoms with Crippen molar-refractivity contribution in [3.05, 3.63) is 35.2 Å². The summed E-state index contributed by atoms with van der Waals surface area (Å²) < 4.78 is 5.43. The Morgan fingerprint density at radius 3 is 2.69 bits per heavy atom. The Morgan fingerprint density at radius 1 is 1.23 bits per heavy atom. The number of carbonyl (C=O) groups is 2. The molecule has 8 heteroatoms. The van der Waals surface area contributed by atoms with Gasteiger partial charge in [0.1, 0.15) is 0 Å². The molecule has 1 aromatic heterocycles. The van der Waals surface area contributed by atoms with E-state index in [4.69, 9.17) is 21.2 Å². The van der Waals surface area contributed by atoms with Gasteiger partial charge in [0, 0.05) is 23.7 Å². The molecule has 2 fully saturated rings. The summed E-state index contributed by atoms with van der Waals surface area (Å²) >= 11 is 5.89. The number of carboxylic acid groups (broad SMARTS) is 1. The van der Waals surface area contributed by atoms with Crippen LogP contribution in [0.4, 0.5) is 0 Å². The van der Waals surface area contributed by atoms with E-state index in [9.17, 15) is 9.59 Å². The van der Waals surface area contributed by atoms with Gasteiger partial charge in [-0.25, -0.2) is 0 Å². The second-order valence-corrected chi connectivity index (χ2v) is 7.31. The van der Waals surface area contributed by atoms with Crippen LogP contribution >= 0.6 is 11.6 Å². The predicted molar refractivity (Wildman–Crippen MR) is 92.5 cm³/mol. The largest absolute Gasteiger partial charge is 0.481 e. The van der Waals surface area contributed by atoms with Crippen molar-refractivity contribution in [3.8, 4) is 11.4 Å². The van der Waals surface area contributed by atoms with Crippen LogP contribution in [0.15, 0.2) is 28.8 Å². The molecule has 1 N–H and O–H groups in total. The second kappa shape index (κ2) is 6.72. The van der Waals surface area contributed by atoms with Gasteiger partial charge in [0.25, 0.3) is 0 Å². The maximum atomic E-state index is 12.5. The molecule has 1 aliphatic carbocycles. The van der Waals surface area contributed by atoms with E-state index in [1.807, 2.05) is 12.1 Å². The van der Waals surface area contributed by atoms with Gasteiger partial charge in [-0.1, -0.05) is 16.8 Å². The number of aromatic nitrogens is 2. The van der Waals surface area contributed by atoms with Gasteiger partial charge in [-0.05, 0) is 43.5 Å². The quantitative estimate of drug-likeness (QED) is 0.882. The normalized spacial score (nSPS) is 25.1. The molecular formula is C18H18ClN3O4. The first-order valence-corrected chi connectivity index (χ1v) is 9.02. The highest BCUT2D eigenvalue weighted by Gasteiger charge is 2.50. The molecule has 1 saturated heterocycles. The van der Waals surface area contributed by atoms with Gasteiger partial charge in [0.2, 0.25) is 17.6 Å². The van der Waals surface area contributed by atoms with E-state index in [2.05, 4.69) is 10.1 Å². The minimum atomic E-state index is -0.888. The van der Waals surface area contributed by atoms with Crippen LogP contribution in [0.5, 0.6) is 0 Å². The summed E-state index contributed by atoms with van der Waals surface area (Å²) in [7, 11) is 0. The number of carboxylic acids is 1. The smallest absolute Gasteiger partial charge is 0.307 e. The average molecular weight is 376 g/mol. The highest BCUT2D eigenvalue weighted by molar-refractivity contribution is 6.30. The van der Waals surface area contributed by atoms with Crippen LogP contribution in [0, 0.1) is 11.8 Å². The van der Waals surface area contributed by atoms with E-state index in [0.717, 1.165) is 18.4 Å². The third kappa shape index (κ3) is 3.31. The van der Waals surface area contributed by atoms with E-state index in [1.165, 1.54) is 0 Å². The SMILES string of the molecule is O=C(O)[C@@H]1C[C@H]1C(=O)N1CCC[C@@H](c2nc(-c3ccc(Cl)cc3)no2)C1. The number of halogens is 1. The maximum Gasteiger partial charge on any atom is 0.307 e. The molecule has 0 bridgehead atoms. The third-order valence-electron chi connectivity index (χ3n) is 5.05. The Morgan fingerprint density at radius 2 is 2.00 bits per heavy atom. The summed E-state index contributed by atoms with van der Waals surface area (Å²) in [5.74, 6) is -0.878. The number of carbonyl (C=O) groups excluding carboxylic acids is 1. The number of hydrogen-bond donors (Lipinski definition) is 1. The van der Waals surface area contributed by atoms with Gasteiger partial charge in [-0.3, -0.25) is 9.59 Å². The summed E-state index contributed by atoms with van der Waals surface area (Å²) in [5, 5.41) is 13.7. The van der Waals surface area contributed by atoms with E-state index in [-0.39, 0.29) is 17.7 Å². The molecular weight excluding hydrogens is 358 g/mol. The fourth-order valence-electron chi connectivity index (χ4n) is 3.47. The Bertz CT molecular complexity index is 835. The van der Waals surface area contributed by atoms with Crippen LogP contribution < -0.4 is 0 Å². The zero-order chi connectivity index (χ0) is 18.3. The van der Waals surface area contributed by atoms with Gasteiger partial charge in [0.15, 0.2) is 0 Å². The van der Waals surface area contributed by atoms with Crippen LogP contribution in [0.25, 0.3) is 11.4 Å². The van der Waals surface area contributed by atoms with E-state index < -0.39 is 11.9 Å². The monoisotopic (exact) mass is 375 g/mol. The first-order valence-electron chi connectivity index (χ1n) is 8.64. The number of hydrogen-bond acceptors (Lipinski definition) is 5. The minimum absolute atomic E-state index is 0.0247. The molecule has 1 saturated carbocycles. The van der Waals surface area contributed by atoms with E-state index >= 15 is 0 Å².